The lowest BCUT2D eigenvalue weighted by Crippen LogP contribution is -2.10. The Balaban J connectivity index is 2.11. The summed E-state index contributed by atoms with van der Waals surface area (Å²) in [5, 5.41) is 21.5. The molecule has 0 aliphatic heterocycles. The summed E-state index contributed by atoms with van der Waals surface area (Å²) < 4.78 is 39.8. The monoisotopic (exact) mass is 390 g/mol. The van der Waals surface area contributed by atoms with Crippen molar-refractivity contribution in [1.82, 2.24) is 9.97 Å². The first kappa shape index (κ1) is 18.9. The summed E-state index contributed by atoms with van der Waals surface area (Å²) in [6.45, 7) is 0. The Kier molecular flexibility index (Phi) is 4.74. The molecule has 0 fully saturated rings. The average Bonchev–Trinajstić information content (AvgIpc) is 2.67. The number of non-ortho nitro benzene ring substituents is 2. The van der Waals surface area contributed by atoms with Crippen molar-refractivity contribution >= 4 is 11.4 Å². The second-order valence-electron chi connectivity index (χ2n) is 5.57. The number of rotatable bonds is 4. The minimum atomic E-state index is -4.76. The van der Waals surface area contributed by atoms with E-state index in [9.17, 15) is 33.4 Å². The van der Waals surface area contributed by atoms with Crippen LogP contribution in [0.15, 0.2) is 54.6 Å². The number of hydrogen-bond donors (Lipinski definition) is 0. The number of nitro groups is 2. The van der Waals surface area contributed by atoms with Crippen molar-refractivity contribution in [1.29, 1.82) is 0 Å². The van der Waals surface area contributed by atoms with Gasteiger partial charge in [0.05, 0.1) is 15.5 Å². The average molecular weight is 390 g/mol. The number of alkyl halides is 3. The summed E-state index contributed by atoms with van der Waals surface area (Å²) in [6, 6.07) is 10.3. The maximum Gasteiger partial charge on any atom is 0.433 e. The van der Waals surface area contributed by atoms with Crippen LogP contribution >= 0.6 is 0 Å². The maximum atomic E-state index is 13.3. The van der Waals surface area contributed by atoms with E-state index in [0.717, 1.165) is 30.3 Å². The molecule has 0 saturated carbocycles. The fourth-order valence-corrected chi connectivity index (χ4v) is 2.36. The molecule has 0 radical (unpaired) electrons. The van der Waals surface area contributed by atoms with Crippen molar-refractivity contribution in [2.75, 3.05) is 0 Å². The summed E-state index contributed by atoms with van der Waals surface area (Å²) in [6.07, 6.45) is -4.76. The Bertz CT molecular complexity index is 976. The van der Waals surface area contributed by atoms with E-state index in [4.69, 9.17) is 0 Å². The van der Waals surface area contributed by atoms with Crippen molar-refractivity contribution in [3.8, 4) is 22.6 Å². The van der Waals surface area contributed by atoms with E-state index in [2.05, 4.69) is 9.97 Å². The van der Waals surface area contributed by atoms with Gasteiger partial charge in [0.15, 0.2) is 5.82 Å². The molecule has 0 bridgehead atoms. The van der Waals surface area contributed by atoms with Crippen LogP contribution in [0.4, 0.5) is 24.5 Å². The minimum absolute atomic E-state index is 0.0921. The fraction of sp³-hybridized carbons (Fsp3) is 0.0588. The fourth-order valence-electron chi connectivity index (χ4n) is 2.36. The molecule has 0 atom stereocenters. The summed E-state index contributed by atoms with van der Waals surface area (Å²) in [5.41, 5.74) is -1.37. The SMILES string of the molecule is O=[N+]([O-])c1ccc(-c2cc(C(F)(F)F)nc(-c3ccc([N+](=O)[O-])cc3)n2)cc1. The number of benzene rings is 2. The topological polar surface area (TPSA) is 112 Å². The Morgan fingerprint density at radius 2 is 1.21 bits per heavy atom. The van der Waals surface area contributed by atoms with E-state index in [1.54, 1.807) is 0 Å². The highest BCUT2D eigenvalue weighted by Gasteiger charge is 2.34. The molecule has 2 aromatic carbocycles. The van der Waals surface area contributed by atoms with Gasteiger partial charge in [0, 0.05) is 35.4 Å². The maximum absolute atomic E-state index is 13.3. The molecule has 0 aliphatic carbocycles. The van der Waals surface area contributed by atoms with Crippen molar-refractivity contribution in [3.63, 3.8) is 0 Å². The van der Waals surface area contributed by atoms with Crippen LogP contribution in [0.5, 0.6) is 0 Å². The standard InChI is InChI=1S/C17H9F3N4O4/c18-17(19,20)15-9-14(10-1-5-12(6-2-10)23(25)26)21-16(22-15)11-3-7-13(8-4-11)24(27)28/h1-9H. The summed E-state index contributed by atoms with van der Waals surface area (Å²) in [5.74, 6) is -0.280. The van der Waals surface area contributed by atoms with Gasteiger partial charge in [-0.3, -0.25) is 20.2 Å². The lowest BCUT2D eigenvalue weighted by molar-refractivity contribution is -0.385. The van der Waals surface area contributed by atoms with Crippen molar-refractivity contribution in [2.24, 2.45) is 0 Å². The summed E-state index contributed by atoms with van der Waals surface area (Å²) in [7, 11) is 0. The summed E-state index contributed by atoms with van der Waals surface area (Å²) in [4.78, 5) is 27.8. The van der Waals surface area contributed by atoms with Gasteiger partial charge in [0.2, 0.25) is 0 Å². The highest BCUT2D eigenvalue weighted by atomic mass is 19.4. The second kappa shape index (κ2) is 7.02. The molecule has 0 saturated heterocycles. The number of aromatic nitrogens is 2. The predicted octanol–water partition coefficient (Wildman–Crippen LogP) is 4.65. The molecule has 0 N–H and O–H groups in total. The zero-order valence-corrected chi connectivity index (χ0v) is 13.8. The zero-order valence-electron chi connectivity index (χ0n) is 13.8. The third kappa shape index (κ3) is 3.92. The molecule has 8 nitrogen and oxygen atoms in total. The van der Waals surface area contributed by atoms with E-state index in [1.807, 2.05) is 0 Å². The van der Waals surface area contributed by atoms with E-state index in [1.165, 1.54) is 24.3 Å². The molecule has 3 aromatic rings. The lowest BCUT2D eigenvalue weighted by Gasteiger charge is -2.11. The molecule has 3 rings (SSSR count). The zero-order chi connectivity index (χ0) is 20.5. The predicted molar refractivity (Wildman–Crippen MR) is 91.2 cm³/mol. The van der Waals surface area contributed by atoms with Gasteiger partial charge in [-0.2, -0.15) is 13.2 Å². The Labute approximate surface area is 154 Å². The van der Waals surface area contributed by atoms with Gasteiger partial charge in [-0.15, -0.1) is 0 Å². The molecule has 142 valence electrons. The van der Waals surface area contributed by atoms with Crippen molar-refractivity contribution in [2.45, 2.75) is 6.18 Å². The van der Waals surface area contributed by atoms with Gasteiger partial charge in [-0.05, 0) is 30.3 Å². The van der Waals surface area contributed by atoms with Crippen molar-refractivity contribution in [3.05, 3.63) is 80.5 Å². The third-order valence-corrected chi connectivity index (χ3v) is 3.73. The highest BCUT2D eigenvalue weighted by molar-refractivity contribution is 5.66. The largest absolute Gasteiger partial charge is 0.433 e. The molecular formula is C17H9F3N4O4. The molecule has 0 spiro atoms. The molecule has 28 heavy (non-hydrogen) atoms. The van der Waals surface area contributed by atoms with Crippen LogP contribution in [0.2, 0.25) is 0 Å². The van der Waals surface area contributed by atoms with Crippen LogP contribution in [0, 0.1) is 20.2 Å². The van der Waals surface area contributed by atoms with Crippen LogP contribution in [-0.4, -0.2) is 19.8 Å². The first-order valence-electron chi connectivity index (χ1n) is 7.61. The second-order valence-corrected chi connectivity index (χ2v) is 5.57. The molecule has 1 heterocycles. The number of nitrogens with zero attached hydrogens (tertiary/aromatic N) is 4. The van der Waals surface area contributed by atoms with E-state index in [-0.39, 0.29) is 34.0 Å². The molecule has 1 aromatic heterocycles. The van der Waals surface area contributed by atoms with E-state index in [0.29, 0.717) is 0 Å². The van der Waals surface area contributed by atoms with Crippen LogP contribution < -0.4 is 0 Å². The molecule has 11 heteroatoms. The smallest absolute Gasteiger partial charge is 0.258 e. The quantitative estimate of drug-likeness (QED) is 0.474. The van der Waals surface area contributed by atoms with Gasteiger partial charge in [-0.25, -0.2) is 9.97 Å². The van der Waals surface area contributed by atoms with Crippen LogP contribution in [-0.2, 0) is 6.18 Å². The van der Waals surface area contributed by atoms with Crippen LogP contribution in [0.25, 0.3) is 22.6 Å². The van der Waals surface area contributed by atoms with E-state index >= 15 is 0 Å². The van der Waals surface area contributed by atoms with Crippen molar-refractivity contribution < 1.29 is 23.0 Å². The first-order valence-corrected chi connectivity index (χ1v) is 7.61. The Morgan fingerprint density at radius 1 is 0.750 bits per heavy atom. The number of nitro benzene ring substituents is 2. The minimum Gasteiger partial charge on any atom is -0.258 e. The summed E-state index contributed by atoms with van der Waals surface area (Å²) >= 11 is 0. The van der Waals surface area contributed by atoms with Gasteiger partial charge < -0.3 is 0 Å². The highest BCUT2D eigenvalue weighted by Crippen LogP contribution is 2.33. The number of hydrogen-bond acceptors (Lipinski definition) is 6. The van der Waals surface area contributed by atoms with Gasteiger partial charge in [0.1, 0.15) is 5.69 Å². The third-order valence-electron chi connectivity index (χ3n) is 3.73. The molecular weight excluding hydrogens is 381 g/mol. The Hall–Kier alpha value is -3.89. The number of halogens is 3. The normalized spacial score (nSPS) is 11.2. The Morgan fingerprint density at radius 3 is 1.64 bits per heavy atom. The van der Waals surface area contributed by atoms with E-state index < -0.39 is 21.7 Å². The lowest BCUT2D eigenvalue weighted by atomic mass is 10.1. The molecule has 0 amide bonds. The van der Waals surface area contributed by atoms with Crippen LogP contribution in [0.1, 0.15) is 5.69 Å². The van der Waals surface area contributed by atoms with Gasteiger partial charge in [-0.1, -0.05) is 0 Å². The molecule has 0 unspecified atom stereocenters. The van der Waals surface area contributed by atoms with Gasteiger partial charge in [0.25, 0.3) is 11.4 Å². The van der Waals surface area contributed by atoms with Gasteiger partial charge >= 0.3 is 6.18 Å². The molecule has 0 aliphatic rings. The van der Waals surface area contributed by atoms with Crippen LogP contribution in [0.3, 0.4) is 0 Å². The first-order chi connectivity index (χ1) is 13.1.